The van der Waals surface area contributed by atoms with E-state index in [2.05, 4.69) is 0 Å². The van der Waals surface area contributed by atoms with Crippen molar-refractivity contribution in [2.45, 2.75) is 38.8 Å². The van der Waals surface area contributed by atoms with Gasteiger partial charge in [-0.2, -0.15) is 0 Å². The maximum absolute atomic E-state index is 12.4. The van der Waals surface area contributed by atoms with E-state index in [1.165, 1.54) is 11.0 Å². The molecule has 0 bridgehead atoms. The summed E-state index contributed by atoms with van der Waals surface area (Å²) in [7, 11) is 1.83. The molecule has 4 atom stereocenters. The molecule has 2 heterocycles. The van der Waals surface area contributed by atoms with Gasteiger partial charge in [0, 0.05) is 24.4 Å². The Labute approximate surface area is 185 Å². The fraction of sp³-hybridized carbons (Fsp3) is 0.500. The smallest absolute Gasteiger partial charge is 0.352 e. The van der Waals surface area contributed by atoms with E-state index in [1.54, 1.807) is 19.1 Å². The molecule has 0 aliphatic carbocycles. The number of carboxylic acids is 1. The second kappa shape index (κ2) is 8.98. The number of nitrogens with zero attached hydrogens (tertiary/aromatic N) is 2. The highest BCUT2D eigenvalue weighted by Crippen LogP contribution is 2.47. The van der Waals surface area contributed by atoms with Crippen LogP contribution in [0.25, 0.3) is 0 Å². The molecule has 9 heteroatoms. The van der Waals surface area contributed by atoms with E-state index in [-0.39, 0.29) is 52.1 Å². The number of ketones is 1. The highest BCUT2D eigenvalue weighted by Gasteiger charge is 2.59. The summed E-state index contributed by atoms with van der Waals surface area (Å²) >= 11 is 5.99. The van der Waals surface area contributed by atoms with Crippen LogP contribution in [0.5, 0.6) is 5.75 Å². The molecule has 1 saturated heterocycles. The van der Waals surface area contributed by atoms with Gasteiger partial charge in [-0.15, -0.1) is 0 Å². The molecule has 3 N–H and O–H groups in total. The van der Waals surface area contributed by atoms with Crippen LogP contribution in [0.15, 0.2) is 29.5 Å². The number of halogens is 1. The number of phenols is 1. The van der Waals surface area contributed by atoms with Gasteiger partial charge in [0.2, 0.25) is 5.91 Å². The van der Waals surface area contributed by atoms with Crippen LogP contribution in [0.4, 0.5) is 0 Å². The number of amides is 1. The summed E-state index contributed by atoms with van der Waals surface area (Å²) in [6.45, 7) is 4.30. The topological polar surface area (TPSA) is 118 Å². The average Bonchev–Trinajstić information content (AvgIpc) is 2.92. The van der Waals surface area contributed by atoms with E-state index < -0.39 is 18.0 Å². The van der Waals surface area contributed by atoms with Gasteiger partial charge in [-0.1, -0.05) is 24.6 Å². The fourth-order valence-corrected chi connectivity index (χ4v) is 4.83. The van der Waals surface area contributed by atoms with Crippen LogP contribution in [0, 0.1) is 11.8 Å². The molecule has 8 nitrogen and oxygen atoms in total. The number of benzene rings is 1. The summed E-state index contributed by atoms with van der Waals surface area (Å²) in [6, 6.07) is 4.21. The number of rotatable bonds is 9. The maximum Gasteiger partial charge on any atom is 0.352 e. The number of hydrogen-bond acceptors (Lipinski definition) is 6. The lowest BCUT2D eigenvalue weighted by molar-refractivity contribution is -0.163. The van der Waals surface area contributed by atoms with Crippen LogP contribution in [0.3, 0.4) is 0 Å². The van der Waals surface area contributed by atoms with Crippen LogP contribution in [-0.2, 0) is 9.59 Å². The molecule has 1 amide bonds. The zero-order valence-electron chi connectivity index (χ0n) is 17.7. The van der Waals surface area contributed by atoms with Crippen LogP contribution >= 0.6 is 11.6 Å². The number of phenolic OH excluding ortho intramolecular Hbond substituents is 1. The van der Waals surface area contributed by atoms with Gasteiger partial charge in [-0.25, -0.2) is 4.79 Å². The summed E-state index contributed by atoms with van der Waals surface area (Å²) in [6.07, 6.45) is -0.0856. The Kier molecular flexibility index (Phi) is 6.73. The first-order valence-electron chi connectivity index (χ1n) is 10.2. The third kappa shape index (κ3) is 4.20. The largest absolute Gasteiger partial charge is 0.506 e. The summed E-state index contributed by atoms with van der Waals surface area (Å²) in [5.41, 5.74) is 0.935. The lowest BCUT2D eigenvalue weighted by Gasteiger charge is -2.46. The molecule has 1 aromatic rings. The zero-order valence-corrected chi connectivity index (χ0v) is 18.5. The van der Waals surface area contributed by atoms with E-state index in [1.807, 2.05) is 18.9 Å². The number of carbonyl (C=O) groups excluding carboxylic acids is 2. The third-order valence-corrected chi connectivity index (χ3v) is 6.58. The minimum absolute atomic E-state index is 0.00821. The first-order valence-corrected chi connectivity index (χ1v) is 10.6. The first-order chi connectivity index (χ1) is 14.6. The summed E-state index contributed by atoms with van der Waals surface area (Å²) in [5.74, 6) is -2.58. The lowest BCUT2D eigenvalue weighted by atomic mass is 9.77. The highest BCUT2D eigenvalue weighted by atomic mass is 35.5. The Morgan fingerprint density at radius 3 is 2.61 bits per heavy atom. The number of aromatic hydroxyl groups is 1. The van der Waals surface area contributed by atoms with E-state index in [4.69, 9.17) is 11.6 Å². The van der Waals surface area contributed by atoms with Crippen molar-refractivity contribution in [1.82, 2.24) is 9.80 Å². The van der Waals surface area contributed by atoms with Gasteiger partial charge < -0.3 is 25.1 Å². The van der Waals surface area contributed by atoms with Crippen molar-refractivity contribution < 1.29 is 29.7 Å². The molecule has 0 spiro atoms. The summed E-state index contributed by atoms with van der Waals surface area (Å²) < 4.78 is 0. The van der Waals surface area contributed by atoms with Crippen molar-refractivity contribution in [3.8, 4) is 5.75 Å². The number of aliphatic hydroxyl groups is 1. The lowest BCUT2D eigenvalue weighted by Crippen LogP contribution is -2.63. The van der Waals surface area contributed by atoms with Gasteiger partial charge in [-0.05, 0) is 44.6 Å². The predicted octanol–water partition coefficient (Wildman–Crippen LogP) is 2.14. The fourth-order valence-electron chi connectivity index (χ4n) is 4.60. The number of fused-ring (bicyclic) bond motifs is 1. The minimum atomic E-state index is -1.15. The standard InChI is InChI=1S/C22H27ClN2O6/c1-11-14(20(22(30)31)25-19(11)17(12(2)26)21(25)29)10-24(3)9-5-8-15(27)13-6-4-7-16(28)18(13)23/h4,6-7,11-12,17,19,26,28H,5,8-10H2,1-3H3,(H,30,31)/t11-,12+,17+,19+/m0/s1. The number of likely N-dealkylation sites (N-methyl/N-ethyl adjacent to an activating group) is 1. The average molecular weight is 451 g/mol. The van der Waals surface area contributed by atoms with E-state index in [0.717, 1.165) is 0 Å². The number of Topliss-reactive ketones (excluding diaryl/α,β-unsaturated/α-hetero) is 1. The Balaban J connectivity index is 1.63. The maximum atomic E-state index is 12.4. The highest BCUT2D eigenvalue weighted by molar-refractivity contribution is 6.35. The van der Waals surface area contributed by atoms with Gasteiger partial charge in [-0.3, -0.25) is 9.59 Å². The van der Waals surface area contributed by atoms with Crippen molar-refractivity contribution in [2.24, 2.45) is 11.8 Å². The number of β-lactam (4-membered cyclic amide) rings is 1. The van der Waals surface area contributed by atoms with Crippen LogP contribution in [-0.4, -0.2) is 75.1 Å². The van der Waals surface area contributed by atoms with Crippen molar-refractivity contribution in [1.29, 1.82) is 0 Å². The molecule has 2 aliphatic rings. The first kappa shape index (κ1) is 23.2. The van der Waals surface area contributed by atoms with Crippen LogP contribution in [0.2, 0.25) is 5.02 Å². The Bertz CT molecular complexity index is 944. The number of hydrogen-bond donors (Lipinski definition) is 3. The van der Waals surface area contributed by atoms with Gasteiger partial charge in [0.15, 0.2) is 5.78 Å². The molecule has 0 radical (unpaired) electrons. The van der Waals surface area contributed by atoms with E-state index >= 15 is 0 Å². The molecule has 0 aromatic heterocycles. The Morgan fingerprint density at radius 1 is 1.32 bits per heavy atom. The predicted molar refractivity (Wildman–Crippen MR) is 114 cm³/mol. The van der Waals surface area contributed by atoms with Crippen molar-refractivity contribution in [3.63, 3.8) is 0 Å². The number of aliphatic carboxylic acids is 1. The summed E-state index contributed by atoms with van der Waals surface area (Å²) in [5, 5.41) is 29.3. The van der Waals surface area contributed by atoms with E-state index in [0.29, 0.717) is 25.1 Å². The molecule has 2 aliphatic heterocycles. The molecular formula is C22H27ClN2O6. The number of aliphatic hydroxyl groups excluding tert-OH is 1. The van der Waals surface area contributed by atoms with Crippen molar-refractivity contribution >= 4 is 29.3 Å². The minimum Gasteiger partial charge on any atom is -0.506 e. The number of carboxylic acid groups (broad SMARTS) is 1. The van der Waals surface area contributed by atoms with Crippen LogP contribution in [0.1, 0.15) is 37.0 Å². The Morgan fingerprint density at radius 2 is 2.00 bits per heavy atom. The molecule has 0 unspecified atom stereocenters. The molecule has 0 saturated carbocycles. The van der Waals surface area contributed by atoms with Gasteiger partial charge in [0.1, 0.15) is 11.4 Å². The normalized spacial score (nSPS) is 23.7. The molecule has 31 heavy (non-hydrogen) atoms. The third-order valence-electron chi connectivity index (χ3n) is 6.18. The van der Waals surface area contributed by atoms with Crippen molar-refractivity contribution in [2.75, 3.05) is 20.1 Å². The monoisotopic (exact) mass is 450 g/mol. The van der Waals surface area contributed by atoms with Gasteiger partial charge >= 0.3 is 5.97 Å². The number of carbonyl (C=O) groups is 3. The SMILES string of the molecule is C[C@@H](O)[C@H]1C(=O)N2C(C(=O)O)=C(CN(C)CCCC(=O)c3cccc(O)c3Cl)[C@H](C)[C@H]12. The van der Waals surface area contributed by atoms with Crippen LogP contribution < -0.4 is 0 Å². The van der Waals surface area contributed by atoms with E-state index in [9.17, 15) is 29.7 Å². The molecular weight excluding hydrogens is 424 g/mol. The second-order valence-electron chi connectivity index (χ2n) is 8.34. The van der Waals surface area contributed by atoms with Crippen molar-refractivity contribution in [3.05, 3.63) is 40.1 Å². The van der Waals surface area contributed by atoms with Gasteiger partial charge in [0.25, 0.3) is 0 Å². The molecule has 3 rings (SSSR count). The molecule has 168 valence electrons. The molecule has 1 fully saturated rings. The molecule has 1 aromatic carbocycles. The quantitative estimate of drug-likeness (QED) is 0.389. The van der Waals surface area contributed by atoms with Gasteiger partial charge in [0.05, 0.1) is 23.1 Å². The Hall–Kier alpha value is -2.42. The second-order valence-corrected chi connectivity index (χ2v) is 8.71. The summed E-state index contributed by atoms with van der Waals surface area (Å²) in [4.78, 5) is 39.9. The zero-order chi connectivity index (χ0) is 23.0.